The molecule has 0 aromatic rings. The Bertz CT molecular complexity index is 452. The van der Waals surface area contributed by atoms with E-state index in [1.807, 2.05) is 20.8 Å². The number of amides is 1. The summed E-state index contributed by atoms with van der Waals surface area (Å²) in [5.74, 6) is 0.960. The van der Waals surface area contributed by atoms with Gasteiger partial charge < -0.3 is 25.4 Å². The SMILES string of the molecule is CN=C(NCC(NC(=O)OC(C)(C)C)C(C)C)NCC1(C)CCCO1. The molecule has 146 valence electrons. The van der Waals surface area contributed by atoms with Crippen LogP contribution in [0.1, 0.15) is 54.4 Å². The van der Waals surface area contributed by atoms with Crippen molar-refractivity contribution in [2.45, 2.75) is 71.6 Å². The van der Waals surface area contributed by atoms with Crippen LogP contribution in [-0.2, 0) is 9.47 Å². The molecule has 0 aliphatic carbocycles. The van der Waals surface area contributed by atoms with Gasteiger partial charge in [-0.05, 0) is 46.5 Å². The summed E-state index contributed by atoms with van der Waals surface area (Å²) in [4.78, 5) is 16.3. The van der Waals surface area contributed by atoms with Crippen LogP contribution in [0.4, 0.5) is 4.79 Å². The van der Waals surface area contributed by atoms with E-state index in [9.17, 15) is 4.79 Å². The number of carbonyl (C=O) groups excluding carboxylic acids is 1. The predicted octanol–water partition coefficient (Wildman–Crippen LogP) is 2.27. The van der Waals surface area contributed by atoms with E-state index in [-0.39, 0.29) is 17.6 Å². The Kier molecular flexibility index (Phi) is 7.99. The van der Waals surface area contributed by atoms with Gasteiger partial charge in [0.05, 0.1) is 11.6 Å². The minimum Gasteiger partial charge on any atom is -0.444 e. The number of rotatable bonds is 6. The van der Waals surface area contributed by atoms with Crippen molar-refractivity contribution in [3.63, 3.8) is 0 Å². The summed E-state index contributed by atoms with van der Waals surface area (Å²) in [5.41, 5.74) is -0.642. The first-order valence-corrected chi connectivity index (χ1v) is 9.13. The number of aliphatic imine (C=N–C) groups is 1. The van der Waals surface area contributed by atoms with Gasteiger partial charge in [0, 0.05) is 26.7 Å². The van der Waals surface area contributed by atoms with Crippen LogP contribution in [0.5, 0.6) is 0 Å². The van der Waals surface area contributed by atoms with Crippen LogP contribution in [0.3, 0.4) is 0 Å². The lowest BCUT2D eigenvalue weighted by molar-refractivity contribution is 0.0243. The van der Waals surface area contributed by atoms with Gasteiger partial charge in [-0.1, -0.05) is 13.8 Å². The second-order valence-electron chi connectivity index (χ2n) is 8.21. The molecule has 0 saturated carbocycles. The van der Waals surface area contributed by atoms with Crippen molar-refractivity contribution in [1.82, 2.24) is 16.0 Å². The van der Waals surface area contributed by atoms with Gasteiger partial charge in [-0.15, -0.1) is 0 Å². The number of hydrogen-bond donors (Lipinski definition) is 3. The van der Waals surface area contributed by atoms with Crippen molar-refractivity contribution in [2.75, 3.05) is 26.7 Å². The summed E-state index contributed by atoms with van der Waals surface area (Å²) in [5, 5.41) is 9.51. The number of alkyl carbamates (subject to hydrolysis) is 1. The first-order chi connectivity index (χ1) is 11.5. The maximum Gasteiger partial charge on any atom is 0.407 e. The predicted molar refractivity (Wildman–Crippen MR) is 101 cm³/mol. The molecule has 0 bridgehead atoms. The maximum atomic E-state index is 12.0. The Morgan fingerprint density at radius 3 is 2.48 bits per heavy atom. The molecule has 1 saturated heterocycles. The van der Waals surface area contributed by atoms with Gasteiger partial charge in [-0.25, -0.2) is 4.79 Å². The molecule has 1 aliphatic heterocycles. The molecule has 7 heteroatoms. The molecule has 1 heterocycles. The molecule has 0 spiro atoms. The molecule has 0 radical (unpaired) electrons. The lowest BCUT2D eigenvalue weighted by atomic mass is 10.0. The maximum absolute atomic E-state index is 12.0. The van der Waals surface area contributed by atoms with E-state index in [1.165, 1.54) is 0 Å². The van der Waals surface area contributed by atoms with Crippen LogP contribution >= 0.6 is 0 Å². The summed E-state index contributed by atoms with van der Waals surface area (Å²) in [6, 6.07) is -0.0632. The van der Waals surface area contributed by atoms with E-state index >= 15 is 0 Å². The van der Waals surface area contributed by atoms with Crippen LogP contribution in [0.25, 0.3) is 0 Å². The van der Waals surface area contributed by atoms with E-state index in [4.69, 9.17) is 9.47 Å². The number of guanidine groups is 1. The second kappa shape index (κ2) is 9.27. The number of ether oxygens (including phenoxy) is 2. The third-order valence-corrected chi connectivity index (χ3v) is 4.15. The van der Waals surface area contributed by atoms with E-state index in [2.05, 4.69) is 41.7 Å². The van der Waals surface area contributed by atoms with Crippen molar-refractivity contribution in [1.29, 1.82) is 0 Å². The topological polar surface area (TPSA) is 84.0 Å². The van der Waals surface area contributed by atoms with Crippen molar-refractivity contribution in [3.05, 3.63) is 0 Å². The van der Waals surface area contributed by atoms with Crippen LogP contribution in [0, 0.1) is 5.92 Å². The Morgan fingerprint density at radius 2 is 2.00 bits per heavy atom. The van der Waals surface area contributed by atoms with Gasteiger partial charge in [-0.2, -0.15) is 0 Å². The van der Waals surface area contributed by atoms with E-state index in [0.717, 1.165) is 19.4 Å². The quantitative estimate of drug-likeness (QED) is 0.502. The summed E-state index contributed by atoms with van der Waals surface area (Å²) >= 11 is 0. The number of nitrogens with zero attached hydrogens (tertiary/aromatic N) is 1. The third-order valence-electron chi connectivity index (χ3n) is 4.15. The fourth-order valence-corrected chi connectivity index (χ4v) is 2.59. The third kappa shape index (κ3) is 8.43. The monoisotopic (exact) mass is 356 g/mol. The van der Waals surface area contributed by atoms with Gasteiger partial charge in [0.1, 0.15) is 5.60 Å². The normalized spacial score (nSPS) is 22.6. The molecule has 1 fully saturated rings. The first kappa shape index (κ1) is 21.5. The first-order valence-electron chi connectivity index (χ1n) is 9.13. The van der Waals surface area contributed by atoms with Crippen molar-refractivity contribution >= 4 is 12.1 Å². The molecule has 2 atom stereocenters. The summed E-state index contributed by atoms with van der Waals surface area (Å²) < 4.78 is 11.1. The van der Waals surface area contributed by atoms with Crippen molar-refractivity contribution in [2.24, 2.45) is 10.9 Å². The van der Waals surface area contributed by atoms with Gasteiger partial charge in [0.2, 0.25) is 0 Å². The van der Waals surface area contributed by atoms with Crippen LogP contribution in [0.2, 0.25) is 0 Å². The second-order valence-corrected chi connectivity index (χ2v) is 8.21. The van der Waals surface area contributed by atoms with Crippen LogP contribution in [-0.4, -0.2) is 56.0 Å². The molecule has 3 N–H and O–H groups in total. The molecular formula is C18H36N4O3. The smallest absolute Gasteiger partial charge is 0.407 e. The molecule has 0 aromatic carbocycles. The average Bonchev–Trinajstić information content (AvgIpc) is 2.91. The zero-order valence-corrected chi connectivity index (χ0v) is 16.9. The number of hydrogen-bond acceptors (Lipinski definition) is 4. The van der Waals surface area contributed by atoms with E-state index in [1.54, 1.807) is 7.05 Å². The summed E-state index contributed by atoms with van der Waals surface area (Å²) in [6.45, 7) is 13.9. The van der Waals surface area contributed by atoms with E-state index < -0.39 is 11.7 Å². The molecule has 2 unspecified atom stereocenters. The Labute approximate surface area is 152 Å². The standard InChI is InChI=1S/C18H36N4O3/c1-13(2)14(22-16(23)25-17(3,4)5)11-20-15(19-7)21-12-18(6)9-8-10-24-18/h13-14H,8-12H2,1-7H3,(H,22,23)(H2,19,20,21). The van der Waals surface area contributed by atoms with Gasteiger partial charge >= 0.3 is 6.09 Å². The molecule has 1 amide bonds. The fourth-order valence-electron chi connectivity index (χ4n) is 2.59. The highest BCUT2D eigenvalue weighted by Crippen LogP contribution is 2.23. The molecule has 7 nitrogen and oxygen atoms in total. The average molecular weight is 357 g/mol. The van der Waals surface area contributed by atoms with Gasteiger partial charge in [0.15, 0.2) is 5.96 Å². The van der Waals surface area contributed by atoms with Crippen molar-refractivity contribution in [3.8, 4) is 0 Å². The lowest BCUT2D eigenvalue weighted by Gasteiger charge is -2.28. The van der Waals surface area contributed by atoms with Crippen LogP contribution in [0.15, 0.2) is 4.99 Å². The molecule has 1 aliphatic rings. The summed E-state index contributed by atoms with van der Waals surface area (Å²) in [6.07, 6.45) is 1.74. The molecule has 1 rings (SSSR count). The highest BCUT2D eigenvalue weighted by Gasteiger charge is 2.30. The number of nitrogens with one attached hydrogen (secondary N) is 3. The fraction of sp³-hybridized carbons (Fsp3) is 0.889. The molecule has 0 aromatic heterocycles. The Balaban J connectivity index is 2.47. The minimum absolute atomic E-state index is 0.0632. The highest BCUT2D eigenvalue weighted by molar-refractivity contribution is 5.79. The van der Waals surface area contributed by atoms with E-state index in [0.29, 0.717) is 19.0 Å². The summed E-state index contributed by atoms with van der Waals surface area (Å²) in [7, 11) is 1.73. The van der Waals surface area contributed by atoms with Gasteiger partial charge in [0.25, 0.3) is 0 Å². The highest BCUT2D eigenvalue weighted by atomic mass is 16.6. The zero-order chi connectivity index (χ0) is 19.1. The van der Waals surface area contributed by atoms with Crippen LogP contribution < -0.4 is 16.0 Å². The molecular weight excluding hydrogens is 320 g/mol. The minimum atomic E-state index is -0.507. The molecule has 25 heavy (non-hydrogen) atoms. The van der Waals surface area contributed by atoms with Gasteiger partial charge in [-0.3, -0.25) is 4.99 Å². The number of carbonyl (C=O) groups is 1. The Hall–Kier alpha value is -1.50. The lowest BCUT2D eigenvalue weighted by Crippen LogP contribution is -2.51. The largest absolute Gasteiger partial charge is 0.444 e. The zero-order valence-electron chi connectivity index (χ0n) is 16.9. The Morgan fingerprint density at radius 1 is 1.32 bits per heavy atom. The van der Waals surface area contributed by atoms with Crippen molar-refractivity contribution < 1.29 is 14.3 Å².